The predicted molar refractivity (Wildman–Crippen MR) is 84.8 cm³/mol. The summed E-state index contributed by atoms with van der Waals surface area (Å²) in [6, 6.07) is 8.01. The molecule has 5 heteroatoms. The number of nitrogens with zero attached hydrogens (tertiary/aromatic N) is 1. The number of hydrogen-bond acceptors (Lipinski definition) is 3. The lowest BCUT2D eigenvalue weighted by molar-refractivity contribution is -0.0950. The highest BCUT2D eigenvalue weighted by Gasteiger charge is 2.31. The van der Waals surface area contributed by atoms with Crippen LogP contribution in [0.5, 0.6) is 0 Å². The highest BCUT2D eigenvalue weighted by Crippen LogP contribution is 2.26. The van der Waals surface area contributed by atoms with Gasteiger partial charge in [-0.15, -0.1) is 0 Å². The Balaban J connectivity index is 1.51. The van der Waals surface area contributed by atoms with Gasteiger partial charge in [-0.25, -0.2) is 4.79 Å². The third kappa shape index (κ3) is 3.59. The fourth-order valence-electron chi connectivity index (χ4n) is 3.10. The van der Waals surface area contributed by atoms with Gasteiger partial charge in [0.1, 0.15) is 0 Å². The number of likely N-dealkylation sites (tertiary alicyclic amines) is 1. The molecule has 1 aromatic rings. The molecule has 5 nitrogen and oxygen atoms in total. The summed E-state index contributed by atoms with van der Waals surface area (Å²) in [6.45, 7) is 5.01. The van der Waals surface area contributed by atoms with E-state index < -0.39 is 0 Å². The Bertz CT molecular complexity index is 506. The zero-order valence-electron chi connectivity index (χ0n) is 13.1. The van der Waals surface area contributed by atoms with Crippen molar-refractivity contribution in [2.75, 3.05) is 31.6 Å². The largest absolute Gasteiger partial charge is 0.350 e. The van der Waals surface area contributed by atoms with Crippen molar-refractivity contribution in [1.29, 1.82) is 0 Å². The van der Waals surface area contributed by atoms with Crippen molar-refractivity contribution in [1.82, 2.24) is 4.90 Å². The molecule has 2 heterocycles. The van der Waals surface area contributed by atoms with Gasteiger partial charge in [-0.05, 0) is 37.0 Å². The maximum Gasteiger partial charge on any atom is 0.321 e. The average molecular weight is 304 g/mol. The lowest BCUT2D eigenvalue weighted by Crippen LogP contribution is -2.43. The van der Waals surface area contributed by atoms with Crippen molar-refractivity contribution >= 4 is 11.7 Å². The summed E-state index contributed by atoms with van der Waals surface area (Å²) in [5.74, 6) is 0.412. The molecule has 22 heavy (non-hydrogen) atoms. The normalized spacial score (nSPS) is 20.3. The summed E-state index contributed by atoms with van der Waals surface area (Å²) in [4.78, 5) is 14.2. The minimum atomic E-state index is -0.0635. The van der Waals surface area contributed by atoms with Gasteiger partial charge in [0.15, 0.2) is 6.29 Å². The van der Waals surface area contributed by atoms with Gasteiger partial charge in [0.05, 0.1) is 13.2 Å². The van der Waals surface area contributed by atoms with Crippen LogP contribution < -0.4 is 5.32 Å². The number of benzene rings is 1. The fourth-order valence-corrected chi connectivity index (χ4v) is 3.10. The van der Waals surface area contributed by atoms with Crippen LogP contribution in [0.25, 0.3) is 0 Å². The third-order valence-corrected chi connectivity index (χ3v) is 4.45. The second-order valence-electron chi connectivity index (χ2n) is 5.92. The van der Waals surface area contributed by atoms with Gasteiger partial charge in [-0.3, -0.25) is 0 Å². The molecule has 0 aliphatic carbocycles. The van der Waals surface area contributed by atoms with E-state index in [-0.39, 0.29) is 12.3 Å². The number of piperidine rings is 1. The number of hydrogen-bond donors (Lipinski definition) is 1. The molecular formula is C17H24N2O3. The Labute approximate surface area is 131 Å². The van der Waals surface area contributed by atoms with Crippen LogP contribution in [-0.4, -0.2) is 43.5 Å². The molecule has 2 aliphatic heterocycles. The third-order valence-electron chi connectivity index (χ3n) is 4.45. The van der Waals surface area contributed by atoms with Gasteiger partial charge in [-0.2, -0.15) is 0 Å². The summed E-state index contributed by atoms with van der Waals surface area (Å²) < 4.78 is 11.1. The van der Waals surface area contributed by atoms with Crippen LogP contribution in [0.15, 0.2) is 24.3 Å². The maximum atomic E-state index is 12.3. The van der Waals surface area contributed by atoms with Gasteiger partial charge in [-0.1, -0.05) is 19.1 Å². The van der Waals surface area contributed by atoms with E-state index >= 15 is 0 Å². The van der Waals surface area contributed by atoms with Crippen LogP contribution in [0.3, 0.4) is 0 Å². The molecule has 0 radical (unpaired) electrons. The van der Waals surface area contributed by atoms with Crippen LogP contribution in [-0.2, 0) is 15.9 Å². The summed E-state index contributed by atoms with van der Waals surface area (Å²) in [5, 5.41) is 3.00. The second kappa shape index (κ2) is 7.11. The van der Waals surface area contributed by atoms with E-state index in [9.17, 15) is 4.79 Å². The molecule has 120 valence electrons. The highest BCUT2D eigenvalue weighted by atomic mass is 16.7. The molecule has 0 spiro atoms. The van der Waals surface area contributed by atoms with Gasteiger partial charge >= 0.3 is 6.03 Å². The van der Waals surface area contributed by atoms with Crippen molar-refractivity contribution in [3.63, 3.8) is 0 Å². The van der Waals surface area contributed by atoms with Crippen molar-refractivity contribution in [3.8, 4) is 0 Å². The molecule has 0 aromatic heterocycles. The standard InChI is InChI=1S/C17H24N2O3/c1-2-13-4-3-5-15(12-13)18-17(20)19-8-6-14(7-9-19)16-21-10-11-22-16/h3-5,12,14,16H,2,6-11H2,1H3,(H,18,20). The smallest absolute Gasteiger partial charge is 0.321 e. The summed E-state index contributed by atoms with van der Waals surface area (Å²) >= 11 is 0. The zero-order chi connectivity index (χ0) is 15.4. The number of ether oxygens (including phenoxy) is 2. The first kappa shape index (κ1) is 15.3. The van der Waals surface area contributed by atoms with Crippen molar-refractivity contribution < 1.29 is 14.3 Å². The van der Waals surface area contributed by atoms with Crippen LogP contribution in [0.4, 0.5) is 10.5 Å². The van der Waals surface area contributed by atoms with Crippen molar-refractivity contribution in [3.05, 3.63) is 29.8 Å². The zero-order valence-corrected chi connectivity index (χ0v) is 13.1. The SMILES string of the molecule is CCc1cccc(NC(=O)N2CCC(C3OCCO3)CC2)c1. The first-order valence-electron chi connectivity index (χ1n) is 8.14. The fraction of sp³-hybridized carbons (Fsp3) is 0.588. The maximum absolute atomic E-state index is 12.3. The van der Waals surface area contributed by atoms with E-state index in [2.05, 4.69) is 18.3 Å². The monoisotopic (exact) mass is 304 g/mol. The molecule has 3 rings (SSSR count). The molecule has 2 amide bonds. The molecular weight excluding hydrogens is 280 g/mol. The minimum Gasteiger partial charge on any atom is -0.350 e. The van der Waals surface area contributed by atoms with Crippen molar-refractivity contribution in [2.24, 2.45) is 5.92 Å². The Morgan fingerprint density at radius 2 is 2.00 bits per heavy atom. The lowest BCUT2D eigenvalue weighted by Gasteiger charge is -2.33. The quantitative estimate of drug-likeness (QED) is 0.934. The van der Waals surface area contributed by atoms with Crippen LogP contribution in [0.2, 0.25) is 0 Å². The Hall–Kier alpha value is -1.59. The number of carbonyl (C=O) groups is 1. The molecule has 0 saturated carbocycles. The number of carbonyl (C=O) groups excluding carboxylic acids is 1. The number of aryl methyl sites for hydroxylation is 1. The number of anilines is 1. The van der Waals surface area contributed by atoms with Crippen LogP contribution in [0.1, 0.15) is 25.3 Å². The van der Waals surface area contributed by atoms with E-state index in [4.69, 9.17) is 9.47 Å². The topological polar surface area (TPSA) is 50.8 Å². The highest BCUT2D eigenvalue weighted by molar-refractivity contribution is 5.89. The first-order valence-corrected chi connectivity index (χ1v) is 8.14. The molecule has 0 unspecified atom stereocenters. The Kier molecular flexibility index (Phi) is 4.95. The Morgan fingerprint density at radius 3 is 2.68 bits per heavy atom. The minimum absolute atomic E-state index is 0.0139. The molecule has 1 aromatic carbocycles. The molecule has 1 N–H and O–H groups in total. The van der Waals surface area contributed by atoms with Crippen LogP contribution in [0, 0.1) is 5.92 Å². The lowest BCUT2D eigenvalue weighted by atomic mass is 9.96. The molecule has 0 atom stereocenters. The first-order chi connectivity index (χ1) is 10.8. The van der Waals surface area contributed by atoms with E-state index in [1.54, 1.807) is 0 Å². The number of urea groups is 1. The van der Waals surface area contributed by atoms with Crippen molar-refractivity contribution in [2.45, 2.75) is 32.5 Å². The van der Waals surface area contributed by atoms with E-state index in [1.165, 1.54) is 5.56 Å². The van der Waals surface area contributed by atoms with E-state index in [1.807, 2.05) is 23.1 Å². The van der Waals surface area contributed by atoms with Gasteiger partial charge in [0.25, 0.3) is 0 Å². The molecule has 2 saturated heterocycles. The summed E-state index contributed by atoms with van der Waals surface area (Å²) in [5.41, 5.74) is 2.10. The molecule has 2 fully saturated rings. The second-order valence-corrected chi connectivity index (χ2v) is 5.92. The summed E-state index contributed by atoms with van der Waals surface area (Å²) in [7, 11) is 0. The summed E-state index contributed by atoms with van der Waals surface area (Å²) in [6.07, 6.45) is 2.78. The van der Waals surface area contributed by atoms with E-state index in [0.717, 1.165) is 38.0 Å². The number of nitrogens with one attached hydrogen (secondary N) is 1. The predicted octanol–water partition coefficient (Wildman–Crippen LogP) is 2.87. The molecule has 0 bridgehead atoms. The van der Waals surface area contributed by atoms with Crippen LogP contribution >= 0.6 is 0 Å². The van der Waals surface area contributed by atoms with Gasteiger partial charge in [0.2, 0.25) is 0 Å². The van der Waals surface area contributed by atoms with E-state index in [0.29, 0.717) is 19.1 Å². The van der Waals surface area contributed by atoms with Gasteiger partial charge in [0, 0.05) is 24.7 Å². The van der Waals surface area contributed by atoms with Gasteiger partial charge < -0.3 is 19.7 Å². The molecule has 2 aliphatic rings. The average Bonchev–Trinajstić information content (AvgIpc) is 3.09. The number of rotatable bonds is 3. The number of amides is 2. The Morgan fingerprint density at radius 1 is 1.27 bits per heavy atom.